The van der Waals surface area contributed by atoms with Crippen LogP contribution in [-0.2, 0) is 4.79 Å². The zero-order valence-electron chi connectivity index (χ0n) is 16.6. The number of nitrogens with zero attached hydrogens (tertiary/aromatic N) is 2. The number of benzene rings is 2. The minimum atomic E-state index is -0.471. The molecular formula is C23H22N4O2. The van der Waals surface area contributed by atoms with Gasteiger partial charge in [-0.25, -0.2) is 4.99 Å². The molecule has 0 bridgehead atoms. The van der Waals surface area contributed by atoms with E-state index in [0.717, 1.165) is 5.56 Å². The number of fused-ring (bicyclic) bond motifs is 1. The van der Waals surface area contributed by atoms with Crippen molar-refractivity contribution in [2.75, 3.05) is 6.54 Å². The SMILES string of the molecule is Cc1ccccc1C(=O)NC1=N/C(=C(\C#N)C(=O)NCC(C)C)c2ccccc21. The van der Waals surface area contributed by atoms with Crippen molar-refractivity contribution in [3.8, 4) is 6.07 Å². The van der Waals surface area contributed by atoms with E-state index < -0.39 is 5.91 Å². The Kier molecular flexibility index (Phi) is 5.89. The average molecular weight is 386 g/mol. The van der Waals surface area contributed by atoms with Crippen molar-refractivity contribution in [1.82, 2.24) is 10.6 Å². The van der Waals surface area contributed by atoms with E-state index in [0.29, 0.717) is 29.1 Å². The first-order valence-corrected chi connectivity index (χ1v) is 9.40. The van der Waals surface area contributed by atoms with Crippen molar-refractivity contribution in [3.63, 3.8) is 0 Å². The first-order chi connectivity index (χ1) is 13.9. The number of hydrogen-bond acceptors (Lipinski definition) is 4. The first-order valence-electron chi connectivity index (χ1n) is 9.40. The quantitative estimate of drug-likeness (QED) is 0.624. The Hall–Kier alpha value is -3.72. The third kappa shape index (κ3) is 4.25. The molecule has 0 aromatic heterocycles. The van der Waals surface area contributed by atoms with Gasteiger partial charge in [0.2, 0.25) is 0 Å². The highest BCUT2D eigenvalue weighted by Gasteiger charge is 2.27. The van der Waals surface area contributed by atoms with Crippen LogP contribution in [0.25, 0.3) is 5.70 Å². The van der Waals surface area contributed by atoms with Crippen molar-refractivity contribution >= 4 is 23.3 Å². The fraction of sp³-hybridized carbons (Fsp3) is 0.217. The number of nitrogens with one attached hydrogen (secondary N) is 2. The van der Waals surface area contributed by atoms with Crippen LogP contribution in [0.2, 0.25) is 0 Å². The molecule has 2 aromatic rings. The van der Waals surface area contributed by atoms with Crippen LogP contribution in [0.1, 0.15) is 40.9 Å². The van der Waals surface area contributed by atoms with Crippen molar-refractivity contribution in [2.24, 2.45) is 10.9 Å². The zero-order valence-corrected chi connectivity index (χ0v) is 16.6. The van der Waals surface area contributed by atoms with Gasteiger partial charge in [0.05, 0.1) is 5.70 Å². The number of hydrogen-bond donors (Lipinski definition) is 2. The van der Waals surface area contributed by atoms with Crippen LogP contribution in [0.4, 0.5) is 0 Å². The van der Waals surface area contributed by atoms with Crippen molar-refractivity contribution in [2.45, 2.75) is 20.8 Å². The largest absolute Gasteiger partial charge is 0.351 e. The highest BCUT2D eigenvalue weighted by atomic mass is 16.2. The molecule has 1 aliphatic heterocycles. The average Bonchev–Trinajstić information content (AvgIpc) is 3.05. The fourth-order valence-corrected chi connectivity index (χ4v) is 3.01. The van der Waals surface area contributed by atoms with Gasteiger partial charge in [-0.2, -0.15) is 5.26 Å². The second-order valence-corrected chi connectivity index (χ2v) is 7.21. The van der Waals surface area contributed by atoms with Crippen LogP contribution in [0, 0.1) is 24.2 Å². The molecule has 0 saturated heterocycles. The van der Waals surface area contributed by atoms with Gasteiger partial charge < -0.3 is 10.6 Å². The predicted octanol–water partition coefficient (Wildman–Crippen LogP) is 3.19. The maximum atomic E-state index is 12.7. The Morgan fingerprint density at radius 2 is 1.72 bits per heavy atom. The Labute approximate surface area is 170 Å². The topological polar surface area (TPSA) is 94.3 Å². The maximum Gasteiger partial charge on any atom is 0.264 e. The number of amidine groups is 1. The summed E-state index contributed by atoms with van der Waals surface area (Å²) in [5, 5.41) is 15.2. The molecule has 1 heterocycles. The van der Waals surface area contributed by atoms with E-state index in [1.54, 1.807) is 24.3 Å². The molecule has 0 atom stereocenters. The minimum Gasteiger partial charge on any atom is -0.351 e. The summed E-state index contributed by atoms with van der Waals surface area (Å²) >= 11 is 0. The molecule has 1 aliphatic rings. The molecule has 0 radical (unpaired) electrons. The lowest BCUT2D eigenvalue weighted by Crippen LogP contribution is -2.30. The van der Waals surface area contributed by atoms with Gasteiger partial charge in [-0.3, -0.25) is 9.59 Å². The van der Waals surface area contributed by atoms with E-state index in [1.807, 2.05) is 51.1 Å². The van der Waals surface area contributed by atoms with E-state index in [9.17, 15) is 14.9 Å². The van der Waals surface area contributed by atoms with Crippen LogP contribution >= 0.6 is 0 Å². The molecule has 0 saturated carbocycles. The smallest absolute Gasteiger partial charge is 0.264 e. The van der Waals surface area contributed by atoms with E-state index >= 15 is 0 Å². The molecule has 3 rings (SSSR count). The van der Waals surface area contributed by atoms with Gasteiger partial charge in [0.1, 0.15) is 17.5 Å². The van der Waals surface area contributed by atoms with Gasteiger partial charge >= 0.3 is 0 Å². The Morgan fingerprint density at radius 1 is 1.07 bits per heavy atom. The molecule has 6 heteroatoms. The summed E-state index contributed by atoms with van der Waals surface area (Å²) in [4.78, 5) is 29.7. The lowest BCUT2D eigenvalue weighted by molar-refractivity contribution is -0.117. The Bertz CT molecular complexity index is 1070. The summed E-state index contributed by atoms with van der Waals surface area (Å²) in [5.41, 5.74) is 2.90. The van der Waals surface area contributed by atoms with Crippen LogP contribution in [-0.4, -0.2) is 24.2 Å². The van der Waals surface area contributed by atoms with Crippen molar-refractivity contribution in [1.29, 1.82) is 5.26 Å². The van der Waals surface area contributed by atoms with Crippen LogP contribution < -0.4 is 10.6 Å². The molecule has 2 amide bonds. The molecule has 29 heavy (non-hydrogen) atoms. The first kappa shape index (κ1) is 20.0. The Balaban J connectivity index is 1.99. The van der Waals surface area contributed by atoms with Gasteiger partial charge in [-0.05, 0) is 24.5 Å². The highest BCUT2D eigenvalue weighted by molar-refractivity contribution is 6.20. The monoisotopic (exact) mass is 386 g/mol. The number of aryl methyl sites for hydroxylation is 1. The number of amides is 2. The number of nitriles is 1. The number of carbonyl (C=O) groups excluding carboxylic acids is 2. The number of aliphatic imine (C=N–C) groups is 1. The Morgan fingerprint density at radius 3 is 2.38 bits per heavy atom. The molecule has 6 nitrogen and oxygen atoms in total. The summed E-state index contributed by atoms with van der Waals surface area (Å²) in [6, 6.07) is 16.5. The summed E-state index contributed by atoms with van der Waals surface area (Å²) in [6.45, 7) is 6.26. The second kappa shape index (κ2) is 8.53. The van der Waals surface area contributed by atoms with Gasteiger partial charge in [0.15, 0.2) is 0 Å². The molecular weight excluding hydrogens is 364 g/mol. The molecule has 146 valence electrons. The van der Waals surface area contributed by atoms with E-state index in [1.165, 1.54) is 0 Å². The van der Waals surface area contributed by atoms with Crippen LogP contribution in [0.15, 0.2) is 59.1 Å². The van der Waals surface area contributed by atoms with Crippen LogP contribution in [0.3, 0.4) is 0 Å². The summed E-state index contributed by atoms with van der Waals surface area (Å²) < 4.78 is 0. The summed E-state index contributed by atoms with van der Waals surface area (Å²) in [5.74, 6) is -0.178. The number of rotatable bonds is 4. The molecule has 0 fully saturated rings. The molecule has 0 unspecified atom stereocenters. The van der Waals surface area contributed by atoms with Crippen molar-refractivity contribution in [3.05, 3.63) is 76.4 Å². The normalized spacial score (nSPS) is 14.0. The second-order valence-electron chi connectivity index (χ2n) is 7.21. The highest BCUT2D eigenvalue weighted by Crippen LogP contribution is 2.30. The van der Waals surface area contributed by atoms with Gasteiger partial charge in [-0.1, -0.05) is 56.3 Å². The summed E-state index contributed by atoms with van der Waals surface area (Å²) in [6.07, 6.45) is 0. The van der Waals surface area contributed by atoms with Crippen molar-refractivity contribution < 1.29 is 9.59 Å². The lowest BCUT2D eigenvalue weighted by atomic mass is 10.0. The van der Waals surface area contributed by atoms with E-state index in [4.69, 9.17) is 0 Å². The third-order valence-corrected chi connectivity index (χ3v) is 4.53. The maximum absolute atomic E-state index is 12.7. The molecule has 0 spiro atoms. The van der Waals surface area contributed by atoms with Gasteiger partial charge in [0.25, 0.3) is 11.8 Å². The number of carbonyl (C=O) groups is 2. The predicted molar refractivity (Wildman–Crippen MR) is 112 cm³/mol. The standard InChI is InChI=1S/C23H22N4O2/c1-14(2)13-25-22(28)19(12-24)20-17-10-6-7-11-18(17)21(26-20)27-23(29)16-9-5-4-8-15(16)3/h4-11,14H,13H2,1-3H3,(H,25,28)(H,26,27,29)/b20-19+. The molecule has 2 aromatic carbocycles. The van der Waals surface area contributed by atoms with Crippen LogP contribution in [0.5, 0.6) is 0 Å². The fourth-order valence-electron chi connectivity index (χ4n) is 3.01. The third-order valence-electron chi connectivity index (χ3n) is 4.53. The van der Waals surface area contributed by atoms with E-state index in [2.05, 4.69) is 15.6 Å². The van der Waals surface area contributed by atoms with Gasteiger partial charge in [0, 0.05) is 23.2 Å². The minimum absolute atomic E-state index is 0.0711. The lowest BCUT2D eigenvalue weighted by Gasteiger charge is -2.08. The molecule has 2 N–H and O–H groups in total. The van der Waals surface area contributed by atoms with E-state index in [-0.39, 0.29) is 23.1 Å². The zero-order chi connectivity index (χ0) is 21.0. The summed E-state index contributed by atoms with van der Waals surface area (Å²) in [7, 11) is 0. The molecule has 0 aliphatic carbocycles. The van der Waals surface area contributed by atoms with Gasteiger partial charge in [-0.15, -0.1) is 0 Å².